The van der Waals surface area contributed by atoms with Gasteiger partial charge >= 0.3 is 0 Å². The van der Waals surface area contributed by atoms with Crippen LogP contribution in [0.3, 0.4) is 0 Å². The van der Waals surface area contributed by atoms with Gasteiger partial charge in [-0.15, -0.1) is 0 Å². The topological polar surface area (TPSA) is 57.6 Å². The molecule has 0 aromatic carbocycles. The summed E-state index contributed by atoms with van der Waals surface area (Å²) in [5.41, 5.74) is 1.20. The van der Waals surface area contributed by atoms with E-state index in [2.05, 4.69) is 21.7 Å². The van der Waals surface area contributed by atoms with Gasteiger partial charge in [-0.2, -0.15) is 0 Å². The van der Waals surface area contributed by atoms with Crippen LogP contribution in [0.2, 0.25) is 0 Å². The lowest BCUT2D eigenvalue weighted by molar-refractivity contribution is 0.844. The van der Waals surface area contributed by atoms with Crippen LogP contribution in [0.1, 0.15) is 32.3 Å². The number of hydrogen-bond donors (Lipinski definition) is 1. The Balaban J connectivity index is 3.42. The number of aliphatic imine (C=N–C) groups is 2. The molecule has 0 saturated carbocycles. The van der Waals surface area contributed by atoms with Crippen LogP contribution in [-0.4, -0.2) is 17.9 Å². The molecule has 4 nitrogen and oxygen atoms in total. The molecule has 0 aliphatic rings. The fourth-order valence-electron chi connectivity index (χ4n) is 1.30. The van der Waals surface area contributed by atoms with E-state index in [0.29, 0.717) is 17.1 Å². The van der Waals surface area contributed by atoms with Gasteiger partial charge in [-0.3, -0.25) is 9.79 Å². The molecule has 0 bridgehead atoms. The lowest BCUT2D eigenvalue weighted by Crippen LogP contribution is -2.12. The first kappa shape index (κ1) is 11.4. The molecule has 1 heterocycles. The van der Waals surface area contributed by atoms with Gasteiger partial charge < -0.3 is 4.98 Å². The molecule has 1 rings (SSSR count). The smallest absolute Gasteiger partial charge is 0.253 e. The highest BCUT2D eigenvalue weighted by Crippen LogP contribution is 2.25. The van der Waals surface area contributed by atoms with Gasteiger partial charge in [0.2, 0.25) is 0 Å². The summed E-state index contributed by atoms with van der Waals surface area (Å²) in [6.07, 6.45) is 1.61. The van der Waals surface area contributed by atoms with Crippen molar-refractivity contribution in [1.82, 2.24) is 4.98 Å². The maximum Gasteiger partial charge on any atom is 0.253 e. The van der Waals surface area contributed by atoms with Crippen LogP contribution in [0.15, 0.2) is 20.8 Å². The average molecular weight is 205 g/mol. The molecule has 0 amide bonds. The van der Waals surface area contributed by atoms with Crippen LogP contribution in [0.5, 0.6) is 0 Å². The van der Waals surface area contributed by atoms with Crippen LogP contribution >= 0.6 is 0 Å². The molecule has 0 unspecified atom stereocenters. The molecule has 0 atom stereocenters. The number of H-pyrrole nitrogens is 1. The van der Waals surface area contributed by atoms with E-state index in [1.807, 2.05) is 13.8 Å². The zero-order valence-electron chi connectivity index (χ0n) is 9.24. The largest absolute Gasteiger partial charge is 0.305 e. The number of aromatic nitrogens is 1. The molecule has 0 aliphatic carbocycles. The highest BCUT2D eigenvalue weighted by Gasteiger charge is 2.09. The summed E-state index contributed by atoms with van der Waals surface area (Å²) in [5.74, 6) is 0.621. The number of nitrogens with zero attached hydrogens (tertiary/aromatic N) is 2. The first-order chi connectivity index (χ1) is 7.10. The highest BCUT2D eigenvalue weighted by molar-refractivity contribution is 5.67. The van der Waals surface area contributed by atoms with Crippen LogP contribution < -0.4 is 5.56 Å². The Morgan fingerprint density at radius 2 is 2.20 bits per heavy atom. The summed E-state index contributed by atoms with van der Waals surface area (Å²) >= 11 is 0. The summed E-state index contributed by atoms with van der Waals surface area (Å²) in [6, 6.07) is 1.73. The predicted molar refractivity (Wildman–Crippen MR) is 64.2 cm³/mol. The minimum atomic E-state index is -0.113. The predicted octanol–water partition coefficient (Wildman–Crippen LogP) is 2.55. The van der Waals surface area contributed by atoms with Crippen molar-refractivity contribution in [1.29, 1.82) is 0 Å². The van der Waals surface area contributed by atoms with Crippen LogP contribution in [0.25, 0.3) is 0 Å². The number of rotatable bonds is 3. The number of aromatic amines is 1. The highest BCUT2D eigenvalue weighted by atomic mass is 16.1. The van der Waals surface area contributed by atoms with Gasteiger partial charge in [0.25, 0.3) is 5.56 Å². The van der Waals surface area contributed by atoms with Crippen molar-refractivity contribution in [2.24, 2.45) is 9.98 Å². The van der Waals surface area contributed by atoms with Gasteiger partial charge in [0.1, 0.15) is 5.69 Å². The molecule has 1 aromatic heterocycles. The first-order valence-corrected chi connectivity index (χ1v) is 4.82. The van der Waals surface area contributed by atoms with E-state index in [4.69, 9.17) is 0 Å². The van der Waals surface area contributed by atoms with Gasteiger partial charge in [0.05, 0.1) is 0 Å². The fraction of sp³-hybridized carbons (Fsp3) is 0.364. The van der Waals surface area contributed by atoms with Crippen molar-refractivity contribution in [3.8, 4) is 0 Å². The maximum absolute atomic E-state index is 11.6. The van der Waals surface area contributed by atoms with E-state index in [1.54, 1.807) is 19.2 Å². The van der Waals surface area contributed by atoms with Crippen LogP contribution in [-0.2, 0) is 0 Å². The van der Waals surface area contributed by atoms with Gasteiger partial charge in [0.15, 0.2) is 5.82 Å². The summed E-state index contributed by atoms with van der Waals surface area (Å²) in [5, 5.41) is 0. The van der Waals surface area contributed by atoms with E-state index in [-0.39, 0.29) is 11.5 Å². The third-order valence-corrected chi connectivity index (χ3v) is 2.08. The fourth-order valence-corrected chi connectivity index (χ4v) is 1.30. The number of nitrogens with one attached hydrogen (secondary N) is 1. The molecule has 0 aliphatic heterocycles. The van der Waals surface area contributed by atoms with Crippen molar-refractivity contribution in [3.05, 3.63) is 22.0 Å². The molecule has 0 fully saturated rings. The van der Waals surface area contributed by atoms with E-state index in [1.165, 1.54) is 0 Å². The average Bonchev–Trinajstić information content (AvgIpc) is 2.18. The van der Waals surface area contributed by atoms with Crippen LogP contribution in [0.4, 0.5) is 11.5 Å². The Morgan fingerprint density at radius 3 is 2.67 bits per heavy atom. The quantitative estimate of drug-likeness (QED) is 0.757. The second-order valence-electron chi connectivity index (χ2n) is 3.49. The molecular weight excluding hydrogens is 190 g/mol. The third kappa shape index (κ3) is 2.40. The Hall–Kier alpha value is -1.71. The SMILES string of the molecule is C=Nc1cc(C(C)C)c(=O)[nH]c1N=CC. The van der Waals surface area contributed by atoms with Crippen molar-refractivity contribution < 1.29 is 0 Å². The lowest BCUT2D eigenvalue weighted by Gasteiger charge is -2.06. The standard InChI is InChI=1S/C11H15N3O/c1-5-13-10-9(12-4)6-8(7(2)3)11(15)14-10/h5-7H,4H2,1-3H3,(H,14,15). The molecule has 1 aromatic rings. The minimum Gasteiger partial charge on any atom is -0.305 e. The molecule has 1 N–H and O–H groups in total. The van der Waals surface area contributed by atoms with Crippen molar-refractivity contribution in [2.75, 3.05) is 0 Å². The van der Waals surface area contributed by atoms with E-state index in [9.17, 15) is 4.79 Å². The van der Waals surface area contributed by atoms with Gasteiger partial charge in [-0.1, -0.05) is 13.8 Å². The van der Waals surface area contributed by atoms with Crippen molar-refractivity contribution >= 4 is 24.4 Å². The van der Waals surface area contributed by atoms with E-state index < -0.39 is 0 Å². The summed E-state index contributed by atoms with van der Waals surface area (Å²) in [6.45, 7) is 9.15. The molecule has 0 saturated heterocycles. The summed E-state index contributed by atoms with van der Waals surface area (Å²) in [7, 11) is 0. The van der Waals surface area contributed by atoms with E-state index in [0.717, 1.165) is 0 Å². The van der Waals surface area contributed by atoms with Crippen molar-refractivity contribution in [2.45, 2.75) is 26.7 Å². The third-order valence-electron chi connectivity index (χ3n) is 2.08. The van der Waals surface area contributed by atoms with Gasteiger partial charge in [0, 0.05) is 11.8 Å². The molecule has 4 heteroatoms. The lowest BCUT2D eigenvalue weighted by atomic mass is 10.1. The maximum atomic E-state index is 11.6. The Kier molecular flexibility index (Phi) is 3.55. The van der Waals surface area contributed by atoms with E-state index >= 15 is 0 Å². The first-order valence-electron chi connectivity index (χ1n) is 4.82. The molecular formula is C11H15N3O. The monoisotopic (exact) mass is 205 g/mol. The van der Waals surface area contributed by atoms with Crippen molar-refractivity contribution in [3.63, 3.8) is 0 Å². The zero-order chi connectivity index (χ0) is 11.4. The number of pyridine rings is 1. The number of hydrogen-bond acceptors (Lipinski definition) is 3. The second-order valence-corrected chi connectivity index (χ2v) is 3.49. The minimum absolute atomic E-state index is 0.113. The van der Waals surface area contributed by atoms with Gasteiger partial charge in [-0.05, 0) is 25.6 Å². The van der Waals surface area contributed by atoms with Crippen LogP contribution in [0, 0.1) is 0 Å². The summed E-state index contributed by atoms with van der Waals surface area (Å²) < 4.78 is 0. The molecule has 0 radical (unpaired) electrons. The Morgan fingerprint density at radius 1 is 1.53 bits per heavy atom. The Labute approximate surface area is 88.8 Å². The second kappa shape index (κ2) is 4.68. The molecule has 0 spiro atoms. The molecule has 15 heavy (non-hydrogen) atoms. The Bertz CT molecular complexity index is 444. The zero-order valence-corrected chi connectivity index (χ0v) is 9.24. The molecule has 80 valence electrons. The summed E-state index contributed by atoms with van der Waals surface area (Å²) in [4.78, 5) is 22.2. The van der Waals surface area contributed by atoms with Gasteiger partial charge in [-0.25, -0.2) is 4.99 Å². The normalized spacial score (nSPS) is 11.2.